The first-order valence-corrected chi connectivity index (χ1v) is 8.04. The highest BCUT2D eigenvalue weighted by Crippen LogP contribution is 2.27. The zero-order valence-corrected chi connectivity index (χ0v) is 11.8. The highest BCUT2D eigenvalue weighted by Gasteiger charge is 2.41. The molecule has 0 aliphatic carbocycles. The van der Waals surface area contributed by atoms with Gasteiger partial charge in [-0.2, -0.15) is 13.2 Å². The summed E-state index contributed by atoms with van der Waals surface area (Å²) in [4.78, 5) is 10.8. The van der Waals surface area contributed by atoms with Gasteiger partial charge in [-0.1, -0.05) is 15.9 Å². The quantitative estimate of drug-likeness (QED) is 0.718. The third kappa shape index (κ3) is 4.75. The van der Waals surface area contributed by atoms with Crippen LogP contribution in [0.2, 0.25) is 0 Å². The van der Waals surface area contributed by atoms with Gasteiger partial charge in [0.25, 0.3) is 0 Å². The van der Waals surface area contributed by atoms with Crippen LogP contribution in [0.3, 0.4) is 0 Å². The van der Waals surface area contributed by atoms with Gasteiger partial charge in [0.05, 0.1) is 5.75 Å². The first-order valence-electron chi connectivity index (χ1n) is 5.31. The lowest BCUT2D eigenvalue weighted by Gasteiger charge is -2.17. The van der Waals surface area contributed by atoms with Crippen LogP contribution in [0.25, 0.3) is 0 Å². The second-order valence-corrected chi connectivity index (χ2v) is 7.37. The van der Waals surface area contributed by atoms with E-state index in [1.54, 1.807) is 0 Å². The molecule has 1 unspecified atom stereocenters. The van der Waals surface area contributed by atoms with E-state index in [2.05, 4.69) is 15.9 Å². The van der Waals surface area contributed by atoms with Gasteiger partial charge in [-0.15, -0.1) is 0 Å². The van der Waals surface area contributed by atoms with Crippen molar-refractivity contribution in [3.63, 3.8) is 0 Å². The van der Waals surface area contributed by atoms with E-state index in [0.29, 0.717) is 13.1 Å². The smallest absolute Gasteiger partial charge is 0.342 e. The van der Waals surface area contributed by atoms with Gasteiger partial charge in [-0.05, 0) is 12.8 Å². The van der Waals surface area contributed by atoms with E-state index < -0.39 is 38.3 Å². The number of alkyl halides is 4. The molecular formula is C9H13BrF3NO3S. The number of sulfone groups is 1. The van der Waals surface area contributed by atoms with Gasteiger partial charge < -0.3 is 4.90 Å². The normalized spacial score (nSPS) is 19.0. The van der Waals surface area contributed by atoms with Crippen molar-refractivity contribution in [2.45, 2.75) is 23.8 Å². The molecule has 1 fully saturated rings. The first kappa shape index (κ1) is 15.7. The van der Waals surface area contributed by atoms with Crippen LogP contribution in [-0.2, 0) is 14.6 Å². The number of hydrogen-bond donors (Lipinski definition) is 0. The Labute approximate surface area is 112 Å². The molecule has 4 nitrogen and oxygen atoms in total. The van der Waals surface area contributed by atoms with E-state index in [9.17, 15) is 26.4 Å². The predicted molar refractivity (Wildman–Crippen MR) is 63.2 cm³/mol. The van der Waals surface area contributed by atoms with E-state index in [0.717, 1.165) is 12.8 Å². The van der Waals surface area contributed by atoms with Crippen LogP contribution >= 0.6 is 15.9 Å². The molecule has 0 bridgehead atoms. The monoisotopic (exact) mass is 351 g/mol. The minimum atomic E-state index is -4.64. The number of likely N-dealkylation sites (tertiary alicyclic amines) is 1. The summed E-state index contributed by atoms with van der Waals surface area (Å²) in [6.45, 7) is 0.955. The summed E-state index contributed by atoms with van der Waals surface area (Å²) in [6.07, 6.45) is -3.03. The molecule has 0 saturated carbocycles. The average Bonchev–Trinajstić information content (AvgIpc) is 2.66. The maximum atomic E-state index is 12.2. The summed E-state index contributed by atoms with van der Waals surface area (Å²) >= 11 is 2.28. The highest BCUT2D eigenvalue weighted by molar-refractivity contribution is 9.09. The summed E-state index contributed by atoms with van der Waals surface area (Å²) in [6, 6.07) is 0. The van der Waals surface area contributed by atoms with Crippen LogP contribution in [0, 0.1) is 0 Å². The van der Waals surface area contributed by atoms with Gasteiger partial charge in [0.1, 0.15) is 10.6 Å². The molecule has 1 saturated heterocycles. The van der Waals surface area contributed by atoms with Crippen molar-refractivity contribution in [3.05, 3.63) is 0 Å². The Kier molecular flexibility index (Phi) is 5.05. The molecular weight excluding hydrogens is 339 g/mol. The Morgan fingerprint density at radius 2 is 1.78 bits per heavy atom. The van der Waals surface area contributed by atoms with Gasteiger partial charge in [-0.25, -0.2) is 8.42 Å². The molecule has 18 heavy (non-hydrogen) atoms. The van der Waals surface area contributed by atoms with Gasteiger partial charge >= 0.3 is 6.18 Å². The molecule has 1 heterocycles. The van der Waals surface area contributed by atoms with Crippen LogP contribution in [0.15, 0.2) is 0 Å². The van der Waals surface area contributed by atoms with Crippen LogP contribution in [0.5, 0.6) is 0 Å². The van der Waals surface area contributed by atoms with Crippen LogP contribution < -0.4 is 0 Å². The van der Waals surface area contributed by atoms with E-state index in [-0.39, 0.29) is 0 Å². The van der Waals surface area contributed by atoms with Crippen molar-refractivity contribution < 1.29 is 26.4 Å². The lowest BCUT2D eigenvalue weighted by molar-refractivity contribution is -0.127. The fourth-order valence-electron chi connectivity index (χ4n) is 1.62. The largest absolute Gasteiger partial charge is 0.402 e. The van der Waals surface area contributed by atoms with Gasteiger partial charge in [0, 0.05) is 13.1 Å². The van der Waals surface area contributed by atoms with E-state index in [1.165, 1.54) is 4.90 Å². The average molecular weight is 352 g/mol. The lowest BCUT2D eigenvalue weighted by Crippen LogP contribution is -2.37. The molecule has 1 amide bonds. The lowest BCUT2D eigenvalue weighted by atomic mass is 10.4. The number of carbonyl (C=O) groups is 1. The molecule has 0 aromatic carbocycles. The highest BCUT2D eigenvalue weighted by atomic mass is 79.9. The van der Waals surface area contributed by atoms with Gasteiger partial charge in [0.2, 0.25) is 5.91 Å². The number of rotatable bonds is 4. The number of hydrogen-bond acceptors (Lipinski definition) is 3. The van der Waals surface area contributed by atoms with Gasteiger partial charge in [-0.3, -0.25) is 4.79 Å². The van der Waals surface area contributed by atoms with E-state index >= 15 is 0 Å². The molecule has 0 N–H and O–H groups in total. The van der Waals surface area contributed by atoms with Crippen molar-refractivity contribution in [2.24, 2.45) is 0 Å². The summed E-state index contributed by atoms with van der Waals surface area (Å²) in [5.74, 6) is -2.59. The third-order valence-corrected chi connectivity index (χ3v) is 5.36. The molecule has 1 atom stereocenters. The van der Waals surface area contributed by atoms with Crippen molar-refractivity contribution in [2.75, 3.05) is 24.6 Å². The number of nitrogens with zero attached hydrogens (tertiary/aromatic N) is 1. The molecule has 0 spiro atoms. The summed E-state index contributed by atoms with van der Waals surface area (Å²) in [5, 5.41) is 0. The molecule has 0 aromatic heterocycles. The summed E-state index contributed by atoms with van der Waals surface area (Å²) in [5.41, 5.74) is 0. The topological polar surface area (TPSA) is 54.5 Å². The maximum absolute atomic E-state index is 12.2. The first-order chi connectivity index (χ1) is 8.12. The molecule has 1 rings (SSSR count). The second-order valence-electron chi connectivity index (χ2n) is 4.15. The maximum Gasteiger partial charge on any atom is 0.402 e. The molecule has 1 aliphatic heterocycles. The zero-order chi connectivity index (χ0) is 14.0. The summed E-state index contributed by atoms with van der Waals surface area (Å²) in [7, 11) is -4.06. The van der Waals surface area contributed by atoms with Crippen LogP contribution in [0.1, 0.15) is 12.8 Å². The summed E-state index contributed by atoms with van der Waals surface area (Å²) < 4.78 is 59.6. The van der Waals surface area contributed by atoms with Crippen molar-refractivity contribution >= 4 is 31.7 Å². The molecule has 9 heteroatoms. The van der Waals surface area contributed by atoms with E-state index in [4.69, 9.17) is 0 Å². The fourth-order valence-corrected chi connectivity index (χ4v) is 4.14. The Bertz CT molecular complexity index is 404. The number of carbonyl (C=O) groups excluding carboxylic acids is 1. The van der Waals surface area contributed by atoms with Crippen molar-refractivity contribution in [3.8, 4) is 0 Å². The van der Waals surface area contributed by atoms with Crippen molar-refractivity contribution in [1.29, 1.82) is 0 Å². The number of amides is 1. The van der Waals surface area contributed by atoms with Crippen LogP contribution in [-0.4, -0.2) is 54.8 Å². The third-order valence-electron chi connectivity index (χ3n) is 2.56. The molecule has 1 aliphatic rings. The minimum absolute atomic E-state index is 0.478. The fraction of sp³-hybridized carbons (Fsp3) is 0.889. The van der Waals surface area contributed by atoms with E-state index in [1.807, 2.05) is 0 Å². The Balaban J connectivity index is 2.56. The Hall–Kier alpha value is -0.310. The van der Waals surface area contributed by atoms with Gasteiger partial charge in [0.15, 0.2) is 9.84 Å². The van der Waals surface area contributed by atoms with Crippen molar-refractivity contribution in [1.82, 2.24) is 4.90 Å². The second kappa shape index (κ2) is 5.77. The van der Waals surface area contributed by atoms with Crippen LogP contribution in [0.4, 0.5) is 13.2 Å². The molecule has 0 aromatic rings. The standard InChI is InChI=1S/C9H13BrF3NO3S/c10-7(9(11,12)13)5-18(16,17)6-8(15)14-3-1-2-4-14/h7H,1-6H2. The number of halogens is 4. The predicted octanol–water partition coefficient (Wildman–Crippen LogP) is 1.35. The Morgan fingerprint density at radius 1 is 1.28 bits per heavy atom. The zero-order valence-electron chi connectivity index (χ0n) is 9.41. The molecule has 106 valence electrons. The molecule has 0 radical (unpaired) electrons. The Morgan fingerprint density at radius 3 is 2.22 bits per heavy atom. The SMILES string of the molecule is O=C(CS(=O)(=O)CC(Br)C(F)(F)F)N1CCCC1. The minimum Gasteiger partial charge on any atom is -0.342 e.